The van der Waals surface area contributed by atoms with Gasteiger partial charge in [-0.25, -0.2) is 9.59 Å². The first-order valence-corrected chi connectivity index (χ1v) is 19.5. The first kappa shape index (κ1) is 42.0. The molecular weight excluding hydrogens is 685 g/mol. The first-order valence-electron chi connectivity index (χ1n) is 18.6. The summed E-state index contributed by atoms with van der Waals surface area (Å²) in [7, 11) is 0. The zero-order valence-electron chi connectivity index (χ0n) is 30.7. The number of carboxylic acid groups (broad SMARTS) is 2. The van der Waals surface area contributed by atoms with Gasteiger partial charge in [0.05, 0.1) is 23.4 Å². The van der Waals surface area contributed by atoms with E-state index in [2.05, 4.69) is 22.7 Å². The van der Waals surface area contributed by atoms with Gasteiger partial charge >= 0.3 is 11.9 Å². The molecule has 3 rings (SSSR count). The number of anilines is 2. The maximum atomic E-state index is 13.5. The van der Waals surface area contributed by atoms with E-state index < -0.39 is 29.0 Å². The van der Waals surface area contributed by atoms with E-state index in [1.807, 2.05) is 6.92 Å². The second kappa shape index (κ2) is 22.5. The van der Waals surface area contributed by atoms with Crippen LogP contribution >= 0.6 is 11.8 Å². The molecule has 2 unspecified atom stereocenters. The Bertz CT molecular complexity index is 1500. The van der Waals surface area contributed by atoms with Crippen LogP contribution in [-0.2, 0) is 9.53 Å². The number of carbonyl (C=O) groups is 5. The Hall–Kier alpha value is -4.39. The van der Waals surface area contributed by atoms with Gasteiger partial charge < -0.3 is 25.6 Å². The van der Waals surface area contributed by atoms with Crippen molar-refractivity contribution in [1.29, 1.82) is 0 Å². The SMILES string of the molecule is CCCCCCCCCCCCCCCC(CC)NC(=O)SC1C(=O)N(c2ccc(NC(=O)c3cc(C(=O)O)cc(C(=O)O)c3)cc2)N=C1OCC. The van der Waals surface area contributed by atoms with Gasteiger partial charge in [0.1, 0.15) is 0 Å². The van der Waals surface area contributed by atoms with Crippen molar-refractivity contribution in [2.45, 2.75) is 128 Å². The monoisotopic (exact) mass is 738 g/mol. The van der Waals surface area contributed by atoms with Crippen molar-refractivity contribution in [2.75, 3.05) is 16.9 Å². The van der Waals surface area contributed by atoms with E-state index in [1.165, 1.54) is 82.8 Å². The molecule has 1 aliphatic rings. The fraction of sp³-hybridized carbons (Fsp3) is 0.538. The molecule has 0 radical (unpaired) electrons. The Morgan fingerprint density at radius 1 is 0.788 bits per heavy atom. The van der Waals surface area contributed by atoms with Crippen molar-refractivity contribution >= 4 is 58.0 Å². The Balaban J connectivity index is 1.47. The van der Waals surface area contributed by atoms with Crippen LogP contribution in [0.3, 0.4) is 0 Å². The number of nitrogens with one attached hydrogen (secondary N) is 2. The topological polar surface area (TPSA) is 175 Å². The van der Waals surface area contributed by atoms with Crippen LogP contribution in [0.25, 0.3) is 0 Å². The molecule has 0 spiro atoms. The minimum Gasteiger partial charge on any atom is -0.479 e. The number of carboxylic acids is 2. The van der Waals surface area contributed by atoms with Crippen molar-refractivity contribution in [2.24, 2.45) is 5.10 Å². The van der Waals surface area contributed by atoms with E-state index in [9.17, 15) is 34.2 Å². The largest absolute Gasteiger partial charge is 0.479 e. The molecule has 284 valence electrons. The summed E-state index contributed by atoms with van der Waals surface area (Å²) >= 11 is 0.845. The summed E-state index contributed by atoms with van der Waals surface area (Å²) in [6.07, 6.45) is 18.4. The van der Waals surface area contributed by atoms with Gasteiger partial charge in [0.2, 0.25) is 5.90 Å². The third kappa shape index (κ3) is 13.6. The third-order valence-corrected chi connectivity index (χ3v) is 9.87. The molecule has 3 amide bonds. The van der Waals surface area contributed by atoms with Crippen LogP contribution in [0.1, 0.15) is 148 Å². The zero-order chi connectivity index (χ0) is 37.9. The van der Waals surface area contributed by atoms with Gasteiger partial charge in [0.15, 0.2) is 5.25 Å². The lowest BCUT2D eigenvalue weighted by Gasteiger charge is -2.18. The summed E-state index contributed by atoms with van der Waals surface area (Å²) in [4.78, 5) is 62.3. The molecule has 52 heavy (non-hydrogen) atoms. The molecule has 4 N–H and O–H groups in total. The number of carbonyl (C=O) groups excluding carboxylic acids is 3. The number of nitrogens with zero attached hydrogens (tertiary/aromatic N) is 2. The molecule has 2 atom stereocenters. The van der Waals surface area contributed by atoms with Crippen LogP contribution in [-0.4, -0.2) is 63.0 Å². The number of hydrazone groups is 1. The second-order valence-electron chi connectivity index (χ2n) is 13.0. The average molecular weight is 739 g/mol. The lowest BCUT2D eigenvalue weighted by atomic mass is 10.0. The highest BCUT2D eigenvalue weighted by atomic mass is 32.2. The van der Waals surface area contributed by atoms with Crippen LogP contribution < -0.4 is 15.6 Å². The molecule has 1 aliphatic heterocycles. The molecule has 0 saturated carbocycles. The van der Waals surface area contributed by atoms with Gasteiger partial charge in [-0.2, -0.15) is 5.01 Å². The van der Waals surface area contributed by atoms with Crippen molar-refractivity contribution in [1.82, 2.24) is 5.32 Å². The van der Waals surface area contributed by atoms with E-state index in [0.717, 1.165) is 60.7 Å². The summed E-state index contributed by atoms with van der Waals surface area (Å²) in [6, 6.07) is 9.29. The van der Waals surface area contributed by atoms with Gasteiger partial charge in [0, 0.05) is 17.3 Å². The Morgan fingerprint density at radius 2 is 1.31 bits per heavy atom. The third-order valence-electron chi connectivity index (χ3n) is 8.90. The summed E-state index contributed by atoms with van der Waals surface area (Å²) in [5.41, 5.74) is -0.131. The lowest BCUT2D eigenvalue weighted by Crippen LogP contribution is -2.36. The van der Waals surface area contributed by atoms with Gasteiger partial charge in [-0.05, 0) is 74.0 Å². The number of aromatic carboxylic acids is 2. The number of unbranched alkanes of at least 4 members (excludes halogenated alkanes) is 12. The summed E-state index contributed by atoms with van der Waals surface area (Å²) in [5.74, 6) is -3.77. The van der Waals surface area contributed by atoms with Crippen LogP contribution in [0.2, 0.25) is 0 Å². The number of hydrogen-bond acceptors (Lipinski definition) is 8. The molecule has 0 saturated heterocycles. The smallest absolute Gasteiger partial charge is 0.335 e. The highest BCUT2D eigenvalue weighted by Gasteiger charge is 2.40. The predicted molar refractivity (Wildman–Crippen MR) is 206 cm³/mol. The van der Waals surface area contributed by atoms with Crippen molar-refractivity contribution in [3.05, 3.63) is 59.2 Å². The number of rotatable bonds is 23. The number of ether oxygens (including phenoxy) is 1. The summed E-state index contributed by atoms with van der Waals surface area (Å²) in [6.45, 7) is 6.31. The maximum absolute atomic E-state index is 13.5. The fourth-order valence-electron chi connectivity index (χ4n) is 5.94. The Labute approximate surface area is 311 Å². The van der Waals surface area contributed by atoms with Crippen LogP contribution in [0, 0.1) is 0 Å². The van der Waals surface area contributed by atoms with Crippen molar-refractivity contribution in [3.8, 4) is 0 Å². The first-order chi connectivity index (χ1) is 25.1. The average Bonchev–Trinajstić information content (AvgIpc) is 3.43. The number of benzene rings is 2. The van der Waals surface area contributed by atoms with E-state index in [0.29, 0.717) is 11.4 Å². The normalized spacial score (nSPS) is 14.5. The molecule has 2 aromatic carbocycles. The number of thioether (sulfide) groups is 1. The van der Waals surface area contributed by atoms with Gasteiger partial charge in [0.25, 0.3) is 17.1 Å². The molecule has 12 nitrogen and oxygen atoms in total. The molecule has 1 heterocycles. The number of amides is 3. The minimum absolute atomic E-state index is 0.0119. The van der Waals surface area contributed by atoms with Crippen LogP contribution in [0.15, 0.2) is 47.6 Å². The Morgan fingerprint density at radius 3 is 1.81 bits per heavy atom. The molecule has 0 bridgehead atoms. The van der Waals surface area contributed by atoms with Crippen LogP contribution in [0.4, 0.5) is 16.2 Å². The van der Waals surface area contributed by atoms with Gasteiger partial charge in [-0.1, -0.05) is 97.3 Å². The molecule has 0 fully saturated rings. The molecule has 2 aromatic rings. The van der Waals surface area contributed by atoms with E-state index in [-0.39, 0.29) is 40.5 Å². The molecular formula is C39H54N4O8S. The molecule has 13 heteroatoms. The van der Waals surface area contributed by atoms with E-state index >= 15 is 0 Å². The highest BCUT2D eigenvalue weighted by molar-refractivity contribution is 8.15. The minimum atomic E-state index is -1.37. The van der Waals surface area contributed by atoms with Gasteiger partial charge in [-0.3, -0.25) is 14.4 Å². The standard InChI is InChI=1S/C39H54N4O8S/c1-4-7-8-9-10-11-12-13-14-15-16-17-18-19-30(5-2)41-39(50)52-33-35(51-6-3)42-43(36(33)45)32-22-20-31(21-23-32)40-34(44)27-24-28(37(46)47)26-29(25-27)38(48)49/h20-26,30,33H,4-19H2,1-3H3,(H,40,44)(H,41,50)(H,46,47)(H,48,49). The lowest BCUT2D eigenvalue weighted by molar-refractivity contribution is -0.116. The number of hydrogen-bond donors (Lipinski definition) is 4. The zero-order valence-corrected chi connectivity index (χ0v) is 31.5. The highest BCUT2D eigenvalue weighted by Crippen LogP contribution is 2.29. The van der Waals surface area contributed by atoms with Crippen molar-refractivity contribution in [3.63, 3.8) is 0 Å². The van der Waals surface area contributed by atoms with Crippen LogP contribution in [0.5, 0.6) is 0 Å². The summed E-state index contributed by atoms with van der Waals surface area (Å²) < 4.78 is 5.65. The van der Waals surface area contributed by atoms with Gasteiger partial charge in [-0.15, -0.1) is 5.10 Å². The Kier molecular flexibility index (Phi) is 18.2. The summed E-state index contributed by atoms with van der Waals surface area (Å²) in [5, 5.41) is 28.5. The predicted octanol–water partition coefficient (Wildman–Crippen LogP) is 9.10. The molecule has 0 aliphatic carbocycles. The quantitative estimate of drug-likeness (QED) is 0.0811. The maximum Gasteiger partial charge on any atom is 0.335 e. The second-order valence-corrected chi connectivity index (χ2v) is 14.1. The van der Waals surface area contributed by atoms with E-state index in [1.54, 1.807) is 19.1 Å². The van der Waals surface area contributed by atoms with Crippen molar-refractivity contribution < 1.29 is 38.9 Å². The molecule has 0 aromatic heterocycles. The van der Waals surface area contributed by atoms with E-state index in [4.69, 9.17) is 4.74 Å². The fourth-order valence-corrected chi connectivity index (χ4v) is 6.81.